The van der Waals surface area contributed by atoms with Gasteiger partial charge in [0.15, 0.2) is 5.69 Å². The van der Waals surface area contributed by atoms with Gasteiger partial charge in [-0.1, -0.05) is 0 Å². The maximum absolute atomic E-state index is 10.9. The predicted octanol–water partition coefficient (Wildman–Crippen LogP) is 0.713. The molecule has 0 saturated carbocycles. The Balaban J connectivity index is 1.83. The van der Waals surface area contributed by atoms with Gasteiger partial charge in [-0.3, -0.25) is 0 Å². The van der Waals surface area contributed by atoms with Crippen LogP contribution in [-0.2, 0) is 6.54 Å². The standard InChI is InChI=1S/C11H12N6O2/c18-10(19)8-3-4-12-11(16-8)15-7-2-1-5-17-9(7)13-6-14-17/h3-4,6-7H,1-2,5H2,(H,18,19)(H,12,15,16). The first-order valence-corrected chi connectivity index (χ1v) is 5.94. The van der Waals surface area contributed by atoms with E-state index in [0.29, 0.717) is 5.95 Å². The molecular weight excluding hydrogens is 248 g/mol. The Labute approximate surface area is 108 Å². The Morgan fingerprint density at radius 2 is 2.37 bits per heavy atom. The third-order valence-electron chi connectivity index (χ3n) is 3.00. The topological polar surface area (TPSA) is 106 Å². The van der Waals surface area contributed by atoms with Crippen LogP contribution in [0.5, 0.6) is 0 Å². The molecule has 0 spiro atoms. The second-order valence-corrected chi connectivity index (χ2v) is 4.25. The lowest BCUT2D eigenvalue weighted by atomic mass is 10.1. The van der Waals surface area contributed by atoms with Crippen LogP contribution >= 0.6 is 0 Å². The minimum Gasteiger partial charge on any atom is -0.477 e. The second kappa shape index (κ2) is 4.63. The summed E-state index contributed by atoms with van der Waals surface area (Å²) in [4.78, 5) is 23.0. The molecule has 2 N–H and O–H groups in total. The smallest absolute Gasteiger partial charge is 0.354 e. The Kier molecular flexibility index (Phi) is 2.82. The van der Waals surface area contributed by atoms with Gasteiger partial charge in [0, 0.05) is 12.7 Å². The second-order valence-electron chi connectivity index (χ2n) is 4.25. The maximum atomic E-state index is 10.9. The van der Waals surface area contributed by atoms with Gasteiger partial charge in [0.1, 0.15) is 12.2 Å². The minimum absolute atomic E-state index is 0.0326. The zero-order valence-corrected chi connectivity index (χ0v) is 10.0. The number of hydrogen-bond acceptors (Lipinski definition) is 6. The molecule has 0 bridgehead atoms. The van der Waals surface area contributed by atoms with E-state index in [-0.39, 0.29) is 11.7 Å². The average Bonchev–Trinajstić information content (AvgIpc) is 2.88. The van der Waals surface area contributed by atoms with Crippen molar-refractivity contribution in [3.05, 3.63) is 30.1 Å². The van der Waals surface area contributed by atoms with Crippen molar-refractivity contribution in [2.45, 2.75) is 25.4 Å². The number of carbonyl (C=O) groups is 1. The fourth-order valence-corrected chi connectivity index (χ4v) is 2.13. The molecule has 3 rings (SSSR count). The summed E-state index contributed by atoms with van der Waals surface area (Å²) in [6, 6.07) is 1.32. The third-order valence-corrected chi connectivity index (χ3v) is 3.00. The molecule has 8 nitrogen and oxygen atoms in total. The van der Waals surface area contributed by atoms with E-state index in [1.54, 1.807) is 0 Å². The predicted molar refractivity (Wildman–Crippen MR) is 64.6 cm³/mol. The van der Waals surface area contributed by atoms with Crippen LogP contribution in [0.4, 0.5) is 5.95 Å². The molecule has 1 unspecified atom stereocenters. The Hall–Kier alpha value is -2.51. The van der Waals surface area contributed by atoms with Gasteiger partial charge in [0.05, 0.1) is 6.04 Å². The molecular formula is C11H12N6O2. The number of fused-ring (bicyclic) bond motifs is 1. The lowest BCUT2D eigenvalue weighted by Crippen LogP contribution is -2.23. The lowest BCUT2D eigenvalue weighted by Gasteiger charge is -2.23. The monoisotopic (exact) mass is 260 g/mol. The highest BCUT2D eigenvalue weighted by atomic mass is 16.4. The number of anilines is 1. The van der Waals surface area contributed by atoms with Crippen molar-refractivity contribution >= 4 is 11.9 Å². The fraction of sp³-hybridized carbons (Fsp3) is 0.364. The van der Waals surface area contributed by atoms with Crippen molar-refractivity contribution in [3.8, 4) is 0 Å². The van der Waals surface area contributed by atoms with Crippen LogP contribution in [-0.4, -0.2) is 35.8 Å². The van der Waals surface area contributed by atoms with Crippen molar-refractivity contribution in [1.82, 2.24) is 24.7 Å². The van der Waals surface area contributed by atoms with Crippen LogP contribution in [0.15, 0.2) is 18.6 Å². The SMILES string of the molecule is O=C(O)c1ccnc(NC2CCCn3ncnc32)n1. The molecule has 0 radical (unpaired) electrons. The van der Waals surface area contributed by atoms with E-state index in [4.69, 9.17) is 5.11 Å². The highest BCUT2D eigenvalue weighted by molar-refractivity contribution is 5.85. The number of nitrogens with zero attached hydrogens (tertiary/aromatic N) is 5. The highest BCUT2D eigenvalue weighted by Gasteiger charge is 2.23. The summed E-state index contributed by atoms with van der Waals surface area (Å²) in [7, 11) is 0. The normalized spacial score (nSPS) is 17.8. The molecule has 1 aliphatic rings. The summed E-state index contributed by atoms with van der Waals surface area (Å²) < 4.78 is 1.84. The zero-order valence-electron chi connectivity index (χ0n) is 10.0. The van der Waals surface area contributed by atoms with E-state index in [1.165, 1.54) is 18.6 Å². The van der Waals surface area contributed by atoms with E-state index in [1.807, 2.05) is 4.68 Å². The summed E-state index contributed by atoms with van der Waals surface area (Å²) in [6.07, 6.45) is 4.81. The quantitative estimate of drug-likeness (QED) is 0.837. The van der Waals surface area contributed by atoms with Gasteiger partial charge in [-0.25, -0.2) is 24.4 Å². The van der Waals surface area contributed by atoms with Gasteiger partial charge in [0.2, 0.25) is 5.95 Å². The number of aromatic carboxylic acids is 1. The maximum Gasteiger partial charge on any atom is 0.354 e. The number of carboxylic acid groups (broad SMARTS) is 1. The molecule has 2 aromatic heterocycles. The van der Waals surface area contributed by atoms with Gasteiger partial charge in [-0.2, -0.15) is 5.10 Å². The van der Waals surface area contributed by atoms with Gasteiger partial charge >= 0.3 is 5.97 Å². The zero-order chi connectivity index (χ0) is 13.2. The molecule has 0 aliphatic carbocycles. The molecule has 0 fully saturated rings. The number of aromatic nitrogens is 5. The number of hydrogen-bond donors (Lipinski definition) is 2. The summed E-state index contributed by atoms with van der Waals surface area (Å²) in [6.45, 7) is 0.851. The van der Waals surface area contributed by atoms with Gasteiger partial charge < -0.3 is 10.4 Å². The molecule has 2 aromatic rings. The van der Waals surface area contributed by atoms with E-state index >= 15 is 0 Å². The molecule has 98 valence electrons. The Morgan fingerprint density at radius 1 is 1.47 bits per heavy atom. The van der Waals surface area contributed by atoms with Gasteiger partial charge in [-0.15, -0.1) is 0 Å². The van der Waals surface area contributed by atoms with E-state index in [2.05, 4.69) is 25.4 Å². The first-order valence-electron chi connectivity index (χ1n) is 5.94. The fourth-order valence-electron chi connectivity index (χ4n) is 2.13. The summed E-state index contributed by atoms with van der Waals surface area (Å²) in [5.41, 5.74) is -0.0326. The lowest BCUT2D eigenvalue weighted by molar-refractivity contribution is 0.0690. The first kappa shape index (κ1) is 11.6. The van der Waals surface area contributed by atoms with Gasteiger partial charge in [-0.05, 0) is 18.9 Å². The van der Waals surface area contributed by atoms with Crippen LogP contribution in [0.25, 0.3) is 0 Å². The van der Waals surface area contributed by atoms with Crippen LogP contribution in [0.2, 0.25) is 0 Å². The molecule has 0 aromatic carbocycles. The number of aryl methyl sites for hydroxylation is 1. The van der Waals surface area contributed by atoms with Gasteiger partial charge in [0.25, 0.3) is 0 Å². The Morgan fingerprint density at radius 3 is 3.21 bits per heavy atom. The van der Waals surface area contributed by atoms with Crippen LogP contribution in [0.3, 0.4) is 0 Å². The first-order chi connectivity index (χ1) is 9.24. The van der Waals surface area contributed by atoms with E-state index in [0.717, 1.165) is 25.2 Å². The number of carboxylic acids is 1. The van der Waals surface area contributed by atoms with Crippen molar-refractivity contribution in [3.63, 3.8) is 0 Å². The molecule has 3 heterocycles. The van der Waals surface area contributed by atoms with Crippen molar-refractivity contribution in [2.75, 3.05) is 5.32 Å². The molecule has 1 atom stereocenters. The van der Waals surface area contributed by atoms with E-state index in [9.17, 15) is 4.79 Å². The van der Waals surface area contributed by atoms with Crippen LogP contribution in [0.1, 0.15) is 35.2 Å². The van der Waals surface area contributed by atoms with Crippen molar-refractivity contribution in [2.24, 2.45) is 0 Å². The Bertz CT molecular complexity index is 611. The number of nitrogens with one attached hydrogen (secondary N) is 1. The highest BCUT2D eigenvalue weighted by Crippen LogP contribution is 2.25. The minimum atomic E-state index is -1.07. The largest absolute Gasteiger partial charge is 0.477 e. The molecule has 1 aliphatic heterocycles. The van der Waals surface area contributed by atoms with Crippen molar-refractivity contribution < 1.29 is 9.90 Å². The summed E-state index contributed by atoms with van der Waals surface area (Å²) in [5.74, 6) is 0.0502. The average molecular weight is 260 g/mol. The molecule has 0 amide bonds. The van der Waals surface area contributed by atoms with Crippen LogP contribution < -0.4 is 5.32 Å². The van der Waals surface area contributed by atoms with Crippen LogP contribution in [0, 0.1) is 0 Å². The third kappa shape index (κ3) is 2.24. The summed E-state index contributed by atoms with van der Waals surface area (Å²) >= 11 is 0. The summed E-state index contributed by atoms with van der Waals surface area (Å²) in [5, 5.41) is 16.1. The molecule has 0 saturated heterocycles. The van der Waals surface area contributed by atoms with Crippen molar-refractivity contribution in [1.29, 1.82) is 0 Å². The number of rotatable bonds is 3. The van der Waals surface area contributed by atoms with E-state index < -0.39 is 5.97 Å². The molecule has 19 heavy (non-hydrogen) atoms. The molecule has 8 heteroatoms.